The van der Waals surface area contributed by atoms with Crippen molar-refractivity contribution < 1.29 is 22.8 Å². The first-order valence-electron chi connectivity index (χ1n) is 7.87. The molecule has 0 fully saturated rings. The minimum absolute atomic E-state index is 0.139. The molecule has 3 aromatic heterocycles. The first-order valence-corrected chi connectivity index (χ1v) is 9.06. The Labute approximate surface area is 161 Å². The Morgan fingerprint density at radius 2 is 2.07 bits per heavy atom. The first-order chi connectivity index (χ1) is 12.9. The molecule has 0 N–H and O–H groups in total. The number of carbonyl (C=O) groups excluding carboxylic acids is 1. The Kier molecular flexibility index (Phi) is 4.45. The number of ether oxygens (including phenoxy) is 1. The highest BCUT2D eigenvalue weighted by Gasteiger charge is 2.20. The summed E-state index contributed by atoms with van der Waals surface area (Å²) in [6, 6.07) is 5.92. The fourth-order valence-electron chi connectivity index (χ4n) is 2.63. The van der Waals surface area contributed by atoms with Crippen LogP contribution in [0.15, 0.2) is 33.1 Å². The number of rotatable bonds is 4. The molecule has 3 heterocycles. The molecule has 6 nitrogen and oxygen atoms in total. The third-order valence-electron chi connectivity index (χ3n) is 3.84. The molecule has 0 radical (unpaired) electrons. The minimum Gasteiger partial charge on any atom is -0.466 e. The Morgan fingerprint density at radius 1 is 1.26 bits per heavy atom. The number of aromatic nitrogens is 2. The number of furan rings is 1. The van der Waals surface area contributed by atoms with Crippen molar-refractivity contribution in [3.63, 3.8) is 0 Å². The number of halogens is 2. The third kappa shape index (κ3) is 3.33. The number of hydrogen-bond acceptors (Lipinski definition) is 7. The molecule has 0 aliphatic heterocycles. The van der Waals surface area contributed by atoms with E-state index >= 15 is 0 Å². The lowest BCUT2D eigenvalue weighted by Crippen LogP contribution is -2.04. The molecule has 9 heteroatoms. The fraction of sp³-hybridized carbons (Fsp3) is 0.167. The minimum atomic E-state index is -0.642. The summed E-state index contributed by atoms with van der Waals surface area (Å²) in [7, 11) is 0. The number of carbonyl (C=O) groups is 1. The molecule has 138 valence electrons. The van der Waals surface area contributed by atoms with Crippen molar-refractivity contribution in [1.82, 2.24) is 10.2 Å². The molecule has 0 atom stereocenters. The smallest absolute Gasteiger partial charge is 0.350 e. The number of nitrogens with zero attached hydrogens (tertiary/aromatic N) is 2. The quantitative estimate of drug-likeness (QED) is 0.427. The largest absolute Gasteiger partial charge is 0.466 e. The molecule has 0 saturated heterocycles. The molecule has 0 spiro atoms. The molecule has 0 aliphatic carbocycles. The lowest BCUT2D eigenvalue weighted by atomic mass is 10.2. The average Bonchev–Trinajstić information content (AvgIpc) is 3.30. The monoisotopic (exact) mass is 406 g/mol. The van der Waals surface area contributed by atoms with Gasteiger partial charge in [0.05, 0.1) is 10.6 Å². The van der Waals surface area contributed by atoms with Gasteiger partial charge in [0.15, 0.2) is 6.61 Å². The van der Waals surface area contributed by atoms with Crippen molar-refractivity contribution in [2.45, 2.75) is 20.5 Å². The van der Waals surface area contributed by atoms with E-state index in [-0.39, 0.29) is 28.3 Å². The molecule has 27 heavy (non-hydrogen) atoms. The van der Waals surface area contributed by atoms with Crippen LogP contribution in [0.3, 0.4) is 0 Å². The Hall–Kier alpha value is -2.71. The fourth-order valence-corrected chi connectivity index (χ4v) is 4.05. The molecule has 0 amide bonds. The summed E-state index contributed by atoms with van der Waals surface area (Å²) in [5.74, 6) is 0.763. The third-order valence-corrected chi connectivity index (χ3v) is 5.48. The lowest BCUT2D eigenvalue weighted by Gasteiger charge is -2.00. The number of esters is 1. The number of benzene rings is 1. The van der Waals surface area contributed by atoms with Gasteiger partial charge in [0.25, 0.3) is 11.8 Å². The highest BCUT2D eigenvalue weighted by atomic mass is 35.5. The zero-order valence-electron chi connectivity index (χ0n) is 14.2. The summed E-state index contributed by atoms with van der Waals surface area (Å²) in [5.41, 5.74) is 0.687. The second-order valence-corrected chi connectivity index (χ2v) is 7.22. The zero-order valence-corrected chi connectivity index (χ0v) is 15.8. The van der Waals surface area contributed by atoms with Crippen LogP contribution in [0.2, 0.25) is 5.02 Å². The SMILES string of the molecule is Cc1cc(-c2nnc(COC(=O)c3sc4cc(F)ccc4c3Cl)o2)c(C)o1. The van der Waals surface area contributed by atoms with Crippen LogP contribution >= 0.6 is 22.9 Å². The van der Waals surface area contributed by atoms with E-state index in [2.05, 4.69) is 10.2 Å². The van der Waals surface area contributed by atoms with Gasteiger partial charge in [-0.1, -0.05) is 11.6 Å². The summed E-state index contributed by atoms with van der Waals surface area (Å²) < 4.78 is 30.1. The summed E-state index contributed by atoms with van der Waals surface area (Å²) in [6.45, 7) is 3.40. The van der Waals surface area contributed by atoms with E-state index in [1.165, 1.54) is 18.2 Å². The van der Waals surface area contributed by atoms with Gasteiger partial charge in [-0.3, -0.25) is 0 Å². The average molecular weight is 407 g/mol. The first kappa shape index (κ1) is 17.7. The van der Waals surface area contributed by atoms with Crippen molar-refractivity contribution in [2.75, 3.05) is 0 Å². The second-order valence-electron chi connectivity index (χ2n) is 5.79. The van der Waals surface area contributed by atoms with Crippen molar-refractivity contribution in [2.24, 2.45) is 0 Å². The predicted molar refractivity (Wildman–Crippen MR) is 97.4 cm³/mol. The van der Waals surface area contributed by atoms with Gasteiger partial charge in [0, 0.05) is 10.1 Å². The van der Waals surface area contributed by atoms with E-state index in [9.17, 15) is 9.18 Å². The molecule has 4 aromatic rings. The van der Waals surface area contributed by atoms with E-state index < -0.39 is 11.8 Å². The van der Waals surface area contributed by atoms with E-state index in [1.54, 1.807) is 13.0 Å². The molecule has 0 aliphatic rings. The maximum Gasteiger partial charge on any atom is 0.350 e. The van der Waals surface area contributed by atoms with Crippen LogP contribution in [0.4, 0.5) is 4.39 Å². The Bertz CT molecular complexity index is 1160. The number of thiophene rings is 1. The van der Waals surface area contributed by atoms with Crippen molar-refractivity contribution in [1.29, 1.82) is 0 Å². The summed E-state index contributed by atoms with van der Waals surface area (Å²) in [5, 5.41) is 8.64. The van der Waals surface area contributed by atoms with Gasteiger partial charge in [-0.15, -0.1) is 21.5 Å². The van der Waals surface area contributed by atoms with Crippen LogP contribution in [0.25, 0.3) is 21.5 Å². The zero-order chi connectivity index (χ0) is 19.1. The summed E-state index contributed by atoms with van der Waals surface area (Å²) in [6.07, 6.45) is 0. The maximum absolute atomic E-state index is 13.3. The van der Waals surface area contributed by atoms with Gasteiger partial charge in [0.2, 0.25) is 0 Å². The molecule has 0 saturated carbocycles. The molecular formula is C18H12ClFN2O4S. The van der Waals surface area contributed by atoms with E-state index in [4.69, 9.17) is 25.2 Å². The number of hydrogen-bond donors (Lipinski definition) is 0. The van der Waals surface area contributed by atoms with Crippen molar-refractivity contribution in [3.05, 3.63) is 57.4 Å². The predicted octanol–water partition coefficient (Wildman–Crippen LogP) is 5.31. The van der Waals surface area contributed by atoms with Crippen LogP contribution < -0.4 is 0 Å². The van der Waals surface area contributed by atoms with E-state index in [0.717, 1.165) is 17.1 Å². The molecule has 0 bridgehead atoms. The van der Waals surface area contributed by atoms with Crippen LogP contribution in [0.1, 0.15) is 27.1 Å². The Morgan fingerprint density at radius 3 is 2.81 bits per heavy atom. The van der Waals surface area contributed by atoms with Gasteiger partial charge < -0.3 is 13.6 Å². The summed E-state index contributed by atoms with van der Waals surface area (Å²) in [4.78, 5) is 12.5. The van der Waals surface area contributed by atoms with E-state index in [1.807, 2.05) is 6.92 Å². The normalized spacial score (nSPS) is 11.3. The molecule has 0 unspecified atom stereocenters. The highest BCUT2D eigenvalue weighted by Crippen LogP contribution is 2.36. The van der Waals surface area contributed by atoms with Crippen molar-refractivity contribution >= 4 is 39.0 Å². The van der Waals surface area contributed by atoms with Crippen molar-refractivity contribution in [3.8, 4) is 11.5 Å². The van der Waals surface area contributed by atoms with Crippen LogP contribution in [-0.2, 0) is 11.3 Å². The topological polar surface area (TPSA) is 78.4 Å². The van der Waals surface area contributed by atoms with E-state index in [0.29, 0.717) is 21.4 Å². The van der Waals surface area contributed by atoms with Crippen LogP contribution in [-0.4, -0.2) is 16.2 Å². The highest BCUT2D eigenvalue weighted by molar-refractivity contribution is 7.21. The van der Waals surface area contributed by atoms with Crippen LogP contribution in [0, 0.1) is 19.7 Å². The number of fused-ring (bicyclic) bond motifs is 1. The molecule has 1 aromatic carbocycles. The molecular weight excluding hydrogens is 395 g/mol. The van der Waals surface area contributed by atoms with Gasteiger partial charge in [0.1, 0.15) is 22.2 Å². The van der Waals surface area contributed by atoms with Gasteiger partial charge >= 0.3 is 5.97 Å². The van der Waals surface area contributed by atoms with Crippen LogP contribution in [0.5, 0.6) is 0 Å². The maximum atomic E-state index is 13.3. The van der Waals surface area contributed by atoms with Gasteiger partial charge in [-0.2, -0.15) is 0 Å². The van der Waals surface area contributed by atoms with Gasteiger partial charge in [-0.25, -0.2) is 9.18 Å². The second kappa shape index (κ2) is 6.79. The van der Waals surface area contributed by atoms with Gasteiger partial charge in [-0.05, 0) is 38.1 Å². The standard InChI is InChI=1S/C18H12ClFN2O4S/c1-8-5-12(9(2)25-8)17-22-21-14(26-17)7-24-18(23)16-15(19)11-4-3-10(20)6-13(11)27-16/h3-6H,7H2,1-2H3. The summed E-state index contributed by atoms with van der Waals surface area (Å²) >= 11 is 7.28. The Balaban J connectivity index is 1.50. The lowest BCUT2D eigenvalue weighted by molar-refractivity contribution is 0.0445. The molecule has 4 rings (SSSR count). The number of aryl methyl sites for hydroxylation is 2.